The zero-order valence-corrected chi connectivity index (χ0v) is 12.9. The van der Waals surface area contributed by atoms with Gasteiger partial charge in [0.15, 0.2) is 0 Å². The molecule has 0 bridgehead atoms. The number of rotatable bonds is 2. The van der Waals surface area contributed by atoms with Crippen LogP contribution in [0.4, 0.5) is 0 Å². The highest BCUT2D eigenvalue weighted by Gasteiger charge is 2.22. The van der Waals surface area contributed by atoms with Crippen molar-refractivity contribution in [2.45, 2.75) is 25.3 Å². The van der Waals surface area contributed by atoms with E-state index in [1.54, 1.807) is 6.07 Å². The van der Waals surface area contributed by atoms with Crippen LogP contribution in [-0.2, 0) is 12.8 Å². The van der Waals surface area contributed by atoms with E-state index in [2.05, 4.69) is 31.4 Å². The van der Waals surface area contributed by atoms with Gasteiger partial charge in [0.25, 0.3) is 11.5 Å². The SMILES string of the molecule is O=C(NC1CCc2n[nH]c(=O)cc2C1)c1cc(Br)cs1. The maximum atomic E-state index is 12.1. The van der Waals surface area contributed by atoms with Crippen LogP contribution < -0.4 is 10.9 Å². The van der Waals surface area contributed by atoms with Gasteiger partial charge in [-0.2, -0.15) is 5.10 Å². The number of nitrogens with one attached hydrogen (secondary N) is 2. The minimum absolute atomic E-state index is 0.0551. The summed E-state index contributed by atoms with van der Waals surface area (Å²) >= 11 is 4.75. The number of halogens is 1. The average molecular weight is 354 g/mol. The number of nitrogens with zero attached hydrogens (tertiary/aromatic N) is 1. The van der Waals surface area contributed by atoms with Crippen molar-refractivity contribution in [3.8, 4) is 0 Å². The van der Waals surface area contributed by atoms with Gasteiger partial charge in [0, 0.05) is 22.0 Å². The number of aromatic nitrogens is 2. The molecule has 2 aromatic rings. The van der Waals surface area contributed by atoms with Crippen molar-refractivity contribution in [2.24, 2.45) is 0 Å². The highest BCUT2D eigenvalue weighted by molar-refractivity contribution is 9.10. The Morgan fingerprint density at radius 3 is 3.10 bits per heavy atom. The van der Waals surface area contributed by atoms with Gasteiger partial charge >= 0.3 is 0 Å². The molecular formula is C13H12BrN3O2S. The lowest BCUT2D eigenvalue weighted by Crippen LogP contribution is -2.39. The van der Waals surface area contributed by atoms with Gasteiger partial charge in [-0.15, -0.1) is 11.3 Å². The molecule has 1 aliphatic carbocycles. The lowest BCUT2D eigenvalue weighted by Gasteiger charge is -2.24. The molecule has 0 aromatic carbocycles. The van der Waals surface area contributed by atoms with Crippen molar-refractivity contribution in [2.75, 3.05) is 0 Å². The van der Waals surface area contributed by atoms with Crippen molar-refractivity contribution >= 4 is 33.2 Å². The number of aromatic amines is 1. The summed E-state index contributed by atoms with van der Waals surface area (Å²) < 4.78 is 0.914. The predicted molar refractivity (Wildman–Crippen MR) is 80.2 cm³/mol. The summed E-state index contributed by atoms with van der Waals surface area (Å²) in [7, 11) is 0. The van der Waals surface area contributed by atoms with Crippen LogP contribution in [0.5, 0.6) is 0 Å². The lowest BCUT2D eigenvalue weighted by molar-refractivity contribution is 0.0937. The second-order valence-electron chi connectivity index (χ2n) is 4.75. The van der Waals surface area contributed by atoms with Crippen molar-refractivity contribution in [3.63, 3.8) is 0 Å². The largest absolute Gasteiger partial charge is 0.348 e. The number of thiophene rings is 1. The van der Waals surface area contributed by atoms with E-state index >= 15 is 0 Å². The molecule has 0 saturated heterocycles. The number of carbonyl (C=O) groups is 1. The summed E-state index contributed by atoms with van der Waals surface area (Å²) in [4.78, 5) is 24.1. The number of carbonyl (C=O) groups excluding carboxylic acids is 1. The van der Waals surface area contributed by atoms with Crippen LogP contribution in [0, 0.1) is 0 Å². The van der Waals surface area contributed by atoms with Crippen LogP contribution in [0.2, 0.25) is 0 Å². The number of hydrogen-bond donors (Lipinski definition) is 2. The summed E-state index contributed by atoms with van der Waals surface area (Å²) in [5.74, 6) is -0.0630. The fourth-order valence-corrected chi connectivity index (χ4v) is 3.68. The third-order valence-corrected chi connectivity index (χ3v) is 4.99. The van der Waals surface area contributed by atoms with E-state index in [0.29, 0.717) is 11.3 Å². The molecule has 7 heteroatoms. The number of amides is 1. The van der Waals surface area contributed by atoms with E-state index in [1.165, 1.54) is 11.3 Å². The van der Waals surface area contributed by atoms with Crippen LogP contribution in [0.3, 0.4) is 0 Å². The molecule has 0 fully saturated rings. The summed E-state index contributed by atoms with van der Waals surface area (Å²) in [6.45, 7) is 0. The van der Waals surface area contributed by atoms with E-state index in [0.717, 1.165) is 28.6 Å². The van der Waals surface area contributed by atoms with Gasteiger partial charge < -0.3 is 5.32 Å². The molecule has 1 aliphatic rings. The third kappa shape index (κ3) is 2.83. The van der Waals surface area contributed by atoms with E-state index in [1.807, 2.05) is 11.4 Å². The minimum Gasteiger partial charge on any atom is -0.348 e. The fraction of sp³-hybridized carbons (Fsp3) is 0.308. The Hall–Kier alpha value is -1.47. The Labute approximate surface area is 127 Å². The van der Waals surface area contributed by atoms with Crippen LogP contribution in [0.15, 0.2) is 26.8 Å². The second kappa shape index (κ2) is 5.49. The van der Waals surface area contributed by atoms with Crippen molar-refractivity contribution in [1.29, 1.82) is 0 Å². The molecule has 2 heterocycles. The topological polar surface area (TPSA) is 74.8 Å². The maximum absolute atomic E-state index is 12.1. The van der Waals surface area contributed by atoms with Crippen molar-refractivity contribution < 1.29 is 4.79 Å². The summed E-state index contributed by atoms with van der Waals surface area (Å²) in [5.41, 5.74) is 1.66. The highest BCUT2D eigenvalue weighted by Crippen LogP contribution is 2.21. The third-order valence-electron chi connectivity index (χ3n) is 3.30. The van der Waals surface area contributed by atoms with Gasteiger partial charge in [0.2, 0.25) is 0 Å². The number of aryl methyl sites for hydroxylation is 1. The minimum atomic E-state index is -0.196. The van der Waals surface area contributed by atoms with Gasteiger partial charge in [0.05, 0.1) is 10.6 Å². The van der Waals surface area contributed by atoms with E-state index in [-0.39, 0.29) is 17.5 Å². The summed E-state index contributed by atoms with van der Waals surface area (Å²) in [5, 5.41) is 11.4. The van der Waals surface area contributed by atoms with E-state index < -0.39 is 0 Å². The second-order valence-corrected chi connectivity index (χ2v) is 6.57. The average Bonchev–Trinajstić information content (AvgIpc) is 2.85. The van der Waals surface area contributed by atoms with Crippen molar-refractivity contribution in [1.82, 2.24) is 15.5 Å². The maximum Gasteiger partial charge on any atom is 0.264 e. The molecule has 20 heavy (non-hydrogen) atoms. The van der Waals surface area contributed by atoms with E-state index in [9.17, 15) is 9.59 Å². The quantitative estimate of drug-likeness (QED) is 0.865. The summed E-state index contributed by atoms with van der Waals surface area (Å²) in [6.07, 6.45) is 2.26. The summed E-state index contributed by atoms with van der Waals surface area (Å²) in [6, 6.07) is 3.44. The zero-order valence-electron chi connectivity index (χ0n) is 10.5. The smallest absolute Gasteiger partial charge is 0.264 e. The molecule has 5 nitrogen and oxygen atoms in total. The van der Waals surface area contributed by atoms with Gasteiger partial charge in [-0.25, -0.2) is 5.10 Å². The molecule has 3 rings (SSSR count). The van der Waals surface area contributed by atoms with Gasteiger partial charge in [-0.05, 0) is 46.8 Å². The molecule has 1 atom stereocenters. The fourth-order valence-electron chi connectivity index (χ4n) is 2.35. The van der Waals surface area contributed by atoms with Crippen molar-refractivity contribution in [3.05, 3.63) is 48.5 Å². The molecular weight excluding hydrogens is 342 g/mol. The zero-order chi connectivity index (χ0) is 14.1. The normalized spacial score (nSPS) is 17.6. The lowest BCUT2D eigenvalue weighted by atomic mass is 9.92. The Kier molecular flexibility index (Phi) is 3.71. The molecule has 0 spiro atoms. The first-order chi connectivity index (χ1) is 9.61. The molecule has 104 valence electrons. The molecule has 2 N–H and O–H groups in total. The number of fused-ring (bicyclic) bond motifs is 1. The van der Waals surface area contributed by atoms with Crippen LogP contribution in [-0.4, -0.2) is 22.1 Å². The van der Waals surface area contributed by atoms with E-state index in [4.69, 9.17) is 0 Å². The standard InChI is InChI=1S/C13H12BrN3O2S/c14-8-5-11(20-6-8)13(19)15-9-1-2-10-7(3-9)4-12(18)17-16-10/h4-6,9H,1-3H2,(H,15,19)(H,17,18). The Morgan fingerprint density at radius 2 is 2.35 bits per heavy atom. The highest BCUT2D eigenvalue weighted by atomic mass is 79.9. The van der Waals surface area contributed by atoms with Crippen LogP contribution >= 0.6 is 27.3 Å². The number of hydrogen-bond acceptors (Lipinski definition) is 4. The van der Waals surface area contributed by atoms with Gasteiger partial charge in [0.1, 0.15) is 0 Å². The molecule has 1 amide bonds. The molecule has 0 aliphatic heterocycles. The van der Waals surface area contributed by atoms with Crippen LogP contribution in [0.25, 0.3) is 0 Å². The van der Waals surface area contributed by atoms with Gasteiger partial charge in [-0.1, -0.05) is 0 Å². The molecule has 2 aromatic heterocycles. The first-order valence-corrected chi connectivity index (χ1v) is 7.91. The first kappa shape index (κ1) is 13.5. The van der Waals surface area contributed by atoms with Crippen LogP contribution in [0.1, 0.15) is 27.3 Å². The first-order valence-electron chi connectivity index (χ1n) is 6.24. The molecule has 0 radical (unpaired) electrons. The molecule has 0 saturated carbocycles. The Bertz CT molecular complexity index is 710. The Morgan fingerprint density at radius 1 is 1.50 bits per heavy atom. The molecule has 1 unspecified atom stereocenters. The van der Waals surface area contributed by atoms with Gasteiger partial charge in [-0.3, -0.25) is 9.59 Å². The monoisotopic (exact) mass is 353 g/mol. The predicted octanol–water partition coefficient (Wildman–Crippen LogP) is 1.88. The number of H-pyrrole nitrogens is 1. The Balaban J connectivity index is 1.71.